The number of phenolic OH excluding ortho intramolecular Hbond substituents is 1. The Kier molecular flexibility index (Phi) is 6.76. The number of nitrogens with zero attached hydrogens (tertiary/aromatic N) is 2. The second kappa shape index (κ2) is 10.5. The van der Waals surface area contributed by atoms with Crippen molar-refractivity contribution in [1.29, 1.82) is 0 Å². The number of hydrogen-bond acceptors (Lipinski definition) is 6. The molecule has 3 heterocycles. The predicted octanol–water partition coefficient (Wildman–Crippen LogP) is 5.98. The number of nitrogens with one attached hydrogen (secondary N) is 2. The molecule has 6 aromatic rings. The van der Waals surface area contributed by atoms with Gasteiger partial charge in [0.05, 0.1) is 45.6 Å². The van der Waals surface area contributed by atoms with E-state index in [-0.39, 0.29) is 22.7 Å². The summed E-state index contributed by atoms with van der Waals surface area (Å²) < 4.78 is 15.9. The molecule has 0 amide bonds. The van der Waals surface area contributed by atoms with Gasteiger partial charge >= 0.3 is 0 Å². The monoisotopic (exact) mass is 552 g/mol. The van der Waals surface area contributed by atoms with Gasteiger partial charge in [-0.25, -0.2) is 4.98 Å². The van der Waals surface area contributed by atoms with Gasteiger partial charge in [0.1, 0.15) is 11.4 Å². The van der Waals surface area contributed by atoms with Crippen molar-refractivity contribution in [3.8, 4) is 28.1 Å². The molecule has 0 bridgehead atoms. The first-order chi connectivity index (χ1) is 19.0. The molecule has 0 radical (unpaired) electrons. The second-order valence-electron chi connectivity index (χ2n) is 8.93. The van der Waals surface area contributed by atoms with E-state index in [9.17, 15) is 14.5 Å². The van der Waals surface area contributed by atoms with Gasteiger partial charge in [-0.05, 0) is 47.5 Å². The fourth-order valence-corrected chi connectivity index (χ4v) is 5.56. The Balaban J connectivity index is 1.45. The van der Waals surface area contributed by atoms with E-state index in [0.717, 1.165) is 27.6 Å². The Morgan fingerprint density at radius 2 is 1.74 bits per heavy atom. The van der Waals surface area contributed by atoms with Crippen LogP contribution in [0.2, 0.25) is 5.02 Å². The number of halogens is 1. The highest BCUT2D eigenvalue weighted by Gasteiger charge is 2.19. The van der Waals surface area contributed by atoms with E-state index in [4.69, 9.17) is 16.6 Å². The first kappa shape index (κ1) is 25.1. The highest BCUT2D eigenvalue weighted by Crippen LogP contribution is 2.36. The third-order valence-electron chi connectivity index (χ3n) is 6.35. The minimum absolute atomic E-state index is 0.154. The third kappa shape index (κ3) is 5.10. The molecule has 3 aromatic heterocycles. The van der Waals surface area contributed by atoms with Crippen molar-refractivity contribution in [2.24, 2.45) is 0 Å². The molecule has 1 atom stereocenters. The van der Waals surface area contributed by atoms with Crippen LogP contribution in [0, 0.1) is 0 Å². The maximum Gasteiger partial charge on any atom is 0.249 e. The number of fused-ring (bicyclic) bond motifs is 2. The highest BCUT2D eigenvalue weighted by molar-refractivity contribution is 7.89. The maximum atomic E-state index is 13.2. The van der Waals surface area contributed by atoms with E-state index >= 15 is 0 Å². The lowest BCUT2D eigenvalue weighted by molar-refractivity contribution is 0.475. The van der Waals surface area contributed by atoms with E-state index in [0.29, 0.717) is 27.3 Å². The largest absolute Gasteiger partial charge is 0.592 e. The molecular weight excluding hydrogens is 532 g/mol. The zero-order chi connectivity index (χ0) is 26.9. The molecule has 39 heavy (non-hydrogen) atoms. The summed E-state index contributed by atoms with van der Waals surface area (Å²) in [5.74, 6) is 0.154. The van der Waals surface area contributed by atoms with Crippen LogP contribution in [0.5, 0.6) is 5.75 Å². The van der Waals surface area contributed by atoms with Crippen LogP contribution in [-0.2, 0) is 17.9 Å². The zero-order valence-corrected chi connectivity index (χ0v) is 22.0. The second-order valence-corrected chi connectivity index (χ2v) is 10.6. The van der Waals surface area contributed by atoms with Gasteiger partial charge < -0.3 is 9.66 Å². The fraction of sp³-hybridized carbons (Fsp3) is 0.0333. The van der Waals surface area contributed by atoms with Crippen LogP contribution in [0.4, 0.5) is 0 Å². The van der Waals surface area contributed by atoms with Gasteiger partial charge in [0, 0.05) is 22.7 Å². The lowest BCUT2D eigenvalue weighted by Gasteiger charge is -2.14. The minimum Gasteiger partial charge on any atom is -0.592 e. The first-order valence-electron chi connectivity index (χ1n) is 12.1. The van der Waals surface area contributed by atoms with Gasteiger partial charge in [0.2, 0.25) is 5.03 Å². The van der Waals surface area contributed by atoms with Gasteiger partial charge in [0.25, 0.3) is 0 Å². The molecule has 1 unspecified atom stereocenters. The number of aromatic amines is 1. The number of phenols is 1. The number of rotatable bonds is 6. The molecule has 0 spiro atoms. The summed E-state index contributed by atoms with van der Waals surface area (Å²) in [6, 6.07) is 27.0. The Labute approximate surface area is 231 Å². The Morgan fingerprint density at radius 1 is 0.949 bits per heavy atom. The average molecular weight is 553 g/mol. The molecule has 0 aliphatic rings. The number of hydrogen-bond donors (Lipinski definition) is 3. The molecule has 0 saturated carbocycles. The van der Waals surface area contributed by atoms with Crippen LogP contribution in [0.15, 0.2) is 107 Å². The van der Waals surface area contributed by atoms with E-state index in [1.54, 1.807) is 36.5 Å². The number of benzene rings is 3. The normalized spacial score (nSPS) is 12.2. The summed E-state index contributed by atoms with van der Waals surface area (Å²) in [5, 5.41) is 11.4. The summed E-state index contributed by atoms with van der Waals surface area (Å²) in [5.41, 5.74) is 4.61. The summed E-state index contributed by atoms with van der Waals surface area (Å²) in [6.45, 7) is 0.284. The Bertz CT molecular complexity index is 1880. The van der Waals surface area contributed by atoms with Gasteiger partial charge in [0.15, 0.2) is 5.43 Å². The summed E-state index contributed by atoms with van der Waals surface area (Å²) in [4.78, 5) is 25.6. The quantitative estimate of drug-likeness (QED) is 0.219. The van der Waals surface area contributed by atoms with Gasteiger partial charge in [-0.1, -0.05) is 60.1 Å². The zero-order valence-electron chi connectivity index (χ0n) is 20.4. The average Bonchev–Trinajstić information content (AvgIpc) is 2.96. The predicted molar refractivity (Wildman–Crippen MR) is 155 cm³/mol. The van der Waals surface area contributed by atoms with E-state index in [1.165, 1.54) is 6.07 Å². The van der Waals surface area contributed by atoms with Crippen molar-refractivity contribution in [2.45, 2.75) is 11.6 Å². The molecule has 0 aliphatic heterocycles. The van der Waals surface area contributed by atoms with Crippen molar-refractivity contribution in [3.05, 3.63) is 118 Å². The number of H-pyrrole nitrogens is 1. The summed E-state index contributed by atoms with van der Waals surface area (Å²) in [6.07, 6.45) is 1.70. The van der Waals surface area contributed by atoms with E-state index < -0.39 is 11.4 Å². The molecule has 7 nitrogen and oxygen atoms in total. The van der Waals surface area contributed by atoms with Crippen LogP contribution >= 0.6 is 11.6 Å². The maximum absolute atomic E-state index is 13.2. The molecule has 0 fully saturated rings. The molecule has 3 N–H and O–H groups in total. The van der Waals surface area contributed by atoms with Gasteiger partial charge in [-0.15, -0.1) is 4.72 Å². The summed E-state index contributed by atoms with van der Waals surface area (Å²) >= 11 is 4.89. The van der Waals surface area contributed by atoms with Crippen LogP contribution in [0.3, 0.4) is 0 Å². The molecule has 6 rings (SSSR count). The highest BCUT2D eigenvalue weighted by atomic mass is 35.5. The smallest absolute Gasteiger partial charge is 0.249 e. The van der Waals surface area contributed by atoms with Crippen molar-refractivity contribution >= 4 is 44.9 Å². The molecule has 0 aliphatic carbocycles. The molecule has 0 saturated heterocycles. The standard InChI is InChI=1S/C30H21ClN4O3S/c31-25-14-21(13-20-7-4-12-32-29(20)25)23-15-24-26(37)16-27(39(38)33-17-18-8-10-22(36)11-9-18)34-30(24)35-28(23)19-5-2-1-3-6-19/h1-16,33,36H,17H2,(H,34,35,37). The van der Waals surface area contributed by atoms with Crippen molar-refractivity contribution in [2.75, 3.05) is 0 Å². The van der Waals surface area contributed by atoms with E-state index in [2.05, 4.69) is 14.7 Å². The van der Waals surface area contributed by atoms with Crippen LogP contribution in [0.1, 0.15) is 5.56 Å². The number of aromatic nitrogens is 3. The topological polar surface area (TPSA) is 114 Å². The molecule has 9 heteroatoms. The minimum atomic E-state index is -1.70. The first-order valence-corrected chi connectivity index (χ1v) is 13.6. The molecular formula is C30H21ClN4O3S. The lowest BCUT2D eigenvalue weighted by atomic mass is 9.97. The van der Waals surface area contributed by atoms with Gasteiger partial charge in [-0.2, -0.15) is 0 Å². The number of aromatic hydroxyl groups is 1. The third-order valence-corrected chi connectivity index (χ3v) is 7.67. The Hall–Kier alpha value is -4.21. The van der Waals surface area contributed by atoms with Crippen LogP contribution < -0.4 is 10.2 Å². The fourth-order valence-electron chi connectivity index (χ4n) is 4.43. The molecule has 3 aromatic carbocycles. The van der Waals surface area contributed by atoms with E-state index in [1.807, 2.05) is 54.6 Å². The lowest BCUT2D eigenvalue weighted by Crippen LogP contribution is -2.25. The summed E-state index contributed by atoms with van der Waals surface area (Å²) in [7, 11) is 0. The van der Waals surface area contributed by atoms with Crippen LogP contribution in [0.25, 0.3) is 44.3 Å². The number of pyridine rings is 3. The van der Waals surface area contributed by atoms with Crippen molar-refractivity contribution in [1.82, 2.24) is 19.7 Å². The van der Waals surface area contributed by atoms with Crippen LogP contribution in [-0.4, -0.2) is 24.6 Å². The Morgan fingerprint density at radius 3 is 2.54 bits per heavy atom. The SMILES string of the molecule is O=c1cc([S+]([O-])NCc2ccc(O)cc2)[nH]c2nc(-c3ccccc3)c(-c3cc(Cl)c4ncccc4c3)cc12. The van der Waals surface area contributed by atoms with Crippen molar-refractivity contribution < 1.29 is 9.66 Å². The van der Waals surface area contributed by atoms with Crippen molar-refractivity contribution in [3.63, 3.8) is 0 Å². The molecule has 192 valence electrons. The van der Waals surface area contributed by atoms with Gasteiger partial charge in [-0.3, -0.25) is 14.8 Å².